The molecule has 0 aliphatic rings. The second-order valence-electron chi connectivity index (χ2n) is 6.49. The summed E-state index contributed by atoms with van der Waals surface area (Å²) in [6.07, 6.45) is 0.857. The second-order valence-corrected chi connectivity index (χ2v) is 6.49. The van der Waals surface area contributed by atoms with Crippen LogP contribution in [0.15, 0.2) is 10.2 Å². The Kier molecular flexibility index (Phi) is 4.47. The van der Waals surface area contributed by atoms with Gasteiger partial charge in [0.15, 0.2) is 5.72 Å². The van der Waals surface area contributed by atoms with E-state index in [2.05, 4.69) is 31.0 Å². The van der Waals surface area contributed by atoms with Crippen LogP contribution in [-0.2, 0) is 4.74 Å². The molecule has 0 aliphatic carbocycles. The van der Waals surface area contributed by atoms with Crippen LogP contribution in [-0.4, -0.2) is 18.4 Å². The second kappa shape index (κ2) is 4.60. The smallest absolute Gasteiger partial charge is 0.176 e. The molecule has 0 N–H and O–H groups in total. The van der Waals surface area contributed by atoms with E-state index in [1.807, 2.05) is 27.7 Å². The molecule has 15 heavy (non-hydrogen) atoms. The predicted molar refractivity (Wildman–Crippen MR) is 64.1 cm³/mol. The molecule has 0 aromatic rings. The topological polar surface area (TPSA) is 34.0 Å². The molecule has 0 heterocycles. The lowest BCUT2D eigenvalue weighted by atomic mass is 9.87. The fraction of sp³-hybridized carbons (Fsp3) is 1.00. The monoisotopic (exact) mass is 214 g/mol. The molecule has 90 valence electrons. The minimum atomic E-state index is -0.508. The fourth-order valence-electron chi connectivity index (χ4n) is 1.39. The summed E-state index contributed by atoms with van der Waals surface area (Å²) in [5.41, 5.74) is -0.467. The molecule has 1 atom stereocenters. The molecular formula is C12H26N2O. The highest BCUT2D eigenvalue weighted by atomic mass is 16.5. The first-order valence-electron chi connectivity index (χ1n) is 5.47. The first-order valence-corrected chi connectivity index (χ1v) is 5.47. The number of rotatable bonds is 3. The standard InChI is InChI=1S/C12H26N2O/c1-10(2,3)9-12(7,15-8)14-13-11(4,5)6/h9H2,1-8H3. The largest absolute Gasteiger partial charge is 0.356 e. The Labute approximate surface area is 94.3 Å². The number of azo groups is 1. The zero-order chi connectivity index (χ0) is 12.3. The zero-order valence-electron chi connectivity index (χ0n) is 11.5. The van der Waals surface area contributed by atoms with Crippen molar-refractivity contribution in [2.24, 2.45) is 15.6 Å². The van der Waals surface area contributed by atoms with Gasteiger partial charge in [-0.2, -0.15) is 10.2 Å². The Morgan fingerprint density at radius 2 is 1.33 bits per heavy atom. The van der Waals surface area contributed by atoms with Crippen LogP contribution in [0.1, 0.15) is 54.9 Å². The highest BCUT2D eigenvalue weighted by molar-refractivity contribution is 4.79. The number of hydrogen-bond donors (Lipinski definition) is 0. The van der Waals surface area contributed by atoms with Gasteiger partial charge in [0.05, 0.1) is 5.54 Å². The van der Waals surface area contributed by atoms with Gasteiger partial charge in [0.1, 0.15) is 0 Å². The van der Waals surface area contributed by atoms with E-state index >= 15 is 0 Å². The average Bonchev–Trinajstić information content (AvgIpc) is 1.97. The summed E-state index contributed by atoms with van der Waals surface area (Å²) in [6.45, 7) is 14.6. The lowest BCUT2D eigenvalue weighted by Gasteiger charge is -2.30. The Hall–Kier alpha value is -0.440. The van der Waals surface area contributed by atoms with Crippen LogP contribution < -0.4 is 0 Å². The van der Waals surface area contributed by atoms with Crippen molar-refractivity contribution >= 4 is 0 Å². The molecule has 0 rings (SSSR count). The number of hydrogen-bond acceptors (Lipinski definition) is 3. The molecule has 0 spiro atoms. The highest BCUT2D eigenvalue weighted by Crippen LogP contribution is 2.31. The Bertz CT molecular complexity index is 223. The van der Waals surface area contributed by atoms with Crippen LogP contribution in [0.4, 0.5) is 0 Å². The molecule has 1 unspecified atom stereocenters. The van der Waals surface area contributed by atoms with Crippen molar-refractivity contribution in [3.63, 3.8) is 0 Å². The lowest BCUT2D eigenvalue weighted by Crippen LogP contribution is -2.31. The fourth-order valence-corrected chi connectivity index (χ4v) is 1.39. The third kappa shape index (κ3) is 7.48. The van der Waals surface area contributed by atoms with Gasteiger partial charge in [-0.3, -0.25) is 0 Å². The molecule has 0 amide bonds. The van der Waals surface area contributed by atoms with Gasteiger partial charge in [0.25, 0.3) is 0 Å². The first-order chi connectivity index (χ1) is 6.47. The Morgan fingerprint density at radius 1 is 0.867 bits per heavy atom. The van der Waals surface area contributed by atoms with Gasteiger partial charge in [-0.25, -0.2) is 0 Å². The van der Waals surface area contributed by atoms with E-state index in [-0.39, 0.29) is 11.0 Å². The molecule has 0 fully saturated rings. The molecule has 3 heteroatoms. The average molecular weight is 214 g/mol. The van der Waals surface area contributed by atoms with Gasteiger partial charge in [-0.15, -0.1) is 0 Å². The maximum absolute atomic E-state index is 5.45. The summed E-state index contributed by atoms with van der Waals surface area (Å²) in [7, 11) is 1.69. The van der Waals surface area contributed by atoms with E-state index in [4.69, 9.17) is 4.74 Å². The lowest BCUT2D eigenvalue weighted by molar-refractivity contribution is -0.0252. The molecule has 0 bridgehead atoms. The van der Waals surface area contributed by atoms with E-state index in [9.17, 15) is 0 Å². The van der Waals surface area contributed by atoms with Crippen molar-refractivity contribution in [1.82, 2.24) is 0 Å². The van der Waals surface area contributed by atoms with E-state index < -0.39 is 5.72 Å². The van der Waals surface area contributed by atoms with Crippen molar-refractivity contribution in [1.29, 1.82) is 0 Å². The quantitative estimate of drug-likeness (QED) is 0.653. The summed E-state index contributed by atoms with van der Waals surface area (Å²) in [5, 5.41) is 8.62. The van der Waals surface area contributed by atoms with Crippen LogP contribution in [0, 0.1) is 5.41 Å². The summed E-state index contributed by atoms with van der Waals surface area (Å²) >= 11 is 0. The molecule has 0 aliphatic heterocycles. The maximum Gasteiger partial charge on any atom is 0.176 e. The number of methoxy groups -OCH3 is 1. The third-order valence-electron chi connectivity index (χ3n) is 1.86. The summed E-state index contributed by atoms with van der Waals surface area (Å²) < 4.78 is 5.45. The Morgan fingerprint density at radius 3 is 1.60 bits per heavy atom. The van der Waals surface area contributed by atoms with Crippen molar-refractivity contribution in [3.05, 3.63) is 0 Å². The molecule has 0 radical (unpaired) electrons. The zero-order valence-corrected chi connectivity index (χ0v) is 11.5. The molecule has 3 nitrogen and oxygen atoms in total. The van der Waals surface area contributed by atoms with Gasteiger partial charge in [0.2, 0.25) is 0 Å². The number of nitrogens with zero attached hydrogens (tertiary/aromatic N) is 2. The normalized spacial score (nSPS) is 18.1. The van der Waals surface area contributed by atoms with Crippen molar-refractivity contribution in [2.75, 3.05) is 7.11 Å². The van der Waals surface area contributed by atoms with E-state index in [1.165, 1.54) is 0 Å². The van der Waals surface area contributed by atoms with Gasteiger partial charge in [-0.05, 0) is 33.1 Å². The Balaban J connectivity index is 4.66. The highest BCUT2D eigenvalue weighted by Gasteiger charge is 2.30. The van der Waals surface area contributed by atoms with E-state index in [0.29, 0.717) is 0 Å². The van der Waals surface area contributed by atoms with Gasteiger partial charge >= 0.3 is 0 Å². The third-order valence-corrected chi connectivity index (χ3v) is 1.86. The molecule has 0 saturated heterocycles. The van der Waals surface area contributed by atoms with Crippen LogP contribution >= 0.6 is 0 Å². The minimum absolute atomic E-state index is 0.141. The van der Waals surface area contributed by atoms with Crippen molar-refractivity contribution < 1.29 is 4.74 Å². The van der Waals surface area contributed by atoms with Crippen LogP contribution in [0.5, 0.6) is 0 Å². The van der Waals surface area contributed by atoms with Crippen LogP contribution in [0.3, 0.4) is 0 Å². The van der Waals surface area contributed by atoms with Crippen LogP contribution in [0.25, 0.3) is 0 Å². The number of ether oxygens (including phenoxy) is 1. The molecule has 0 saturated carbocycles. The van der Waals surface area contributed by atoms with Crippen molar-refractivity contribution in [2.45, 2.75) is 66.2 Å². The van der Waals surface area contributed by atoms with E-state index in [0.717, 1.165) is 6.42 Å². The van der Waals surface area contributed by atoms with Gasteiger partial charge < -0.3 is 4.74 Å². The minimum Gasteiger partial charge on any atom is -0.356 e. The molecular weight excluding hydrogens is 188 g/mol. The summed E-state index contributed by atoms with van der Waals surface area (Å²) in [6, 6.07) is 0. The van der Waals surface area contributed by atoms with Gasteiger partial charge in [-0.1, -0.05) is 20.8 Å². The van der Waals surface area contributed by atoms with Crippen LogP contribution in [0.2, 0.25) is 0 Å². The SMILES string of the molecule is COC(C)(CC(C)(C)C)N=NC(C)(C)C. The first kappa shape index (κ1) is 14.6. The van der Waals surface area contributed by atoms with Crippen molar-refractivity contribution in [3.8, 4) is 0 Å². The van der Waals surface area contributed by atoms with E-state index in [1.54, 1.807) is 7.11 Å². The molecule has 0 aromatic carbocycles. The maximum atomic E-state index is 5.45. The van der Waals surface area contributed by atoms with Gasteiger partial charge in [0, 0.05) is 13.5 Å². The summed E-state index contributed by atoms with van der Waals surface area (Å²) in [4.78, 5) is 0. The summed E-state index contributed by atoms with van der Waals surface area (Å²) in [5.74, 6) is 0. The predicted octanol–water partition coefficient (Wildman–Crippen LogP) is 4.04. The molecule has 0 aromatic heterocycles.